The lowest BCUT2D eigenvalue weighted by Crippen LogP contribution is -2.34. The first-order chi connectivity index (χ1) is 8.83. The predicted octanol–water partition coefficient (Wildman–Crippen LogP) is 2.51. The van der Waals surface area contributed by atoms with E-state index in [0.717, 1.165) is 32.2 Å². The van der Waals surface area contributed by atoms with Crippen molar-refractivity contribution in [3.8, 4) is 0 Å². The van der Waals surface area contributed by atoms with E-state index in [0.29, 0.717) is 0 Å². The monoisotopic (exact) mass is 256 g/mol. The third kappa shape index (κ3) is 8.06. The molecule has 1 aliphatic rings. The van der Waals surface area contributed by atoms with Crippen molar-refractivity contribution >= 4 is 0 Å². The van der Waals surface area contributed by atoms with Crippen LogP contribution in [0.1, 0.15) is 46.0 Å². The average Bonchev–Trinajstić information content (AvgIpc) is 2.58. The zero-order chi connectivity index (χ0) is 13.1. The summed E-state index contributed by atoms with van der Waals surface area (Å²) in [4.78, 5) is 2.61. The summed E-state index contributed by atoms with van der Waals surface area (Å²) in [5.41, 5.74) is 0. The Morgan fingerprint density at radius 3 is 2.89 bits per heavy atom. The van der Waals surface area contributed by atoms with E-state index in [1.807, 2.05) is 0 Å². The van der Waals surface area contributed by atoms with Gasteiger partial charge < -0.3 is 15.0 Å². The highest BCUT2D eigenvalue weighted by Crippen LogP contribution is 2.15. The summed E-state index contributed by atoms with van der Waals surface area (Å²) in [6.45, 7) is 12.2. The van der Waals surface area contributed by atoms with Gasteiger partial charge in [0.2, 0.25) is 0 Å². The quantitative estimate of drug-likeness (QED) is 0.642. The van der Waals surface area contributed by atoms with Crippen molar-refractivity contribution in [1.29, 1.82) is 0 Å². The number of rotatable bonds is 9. The summed E-state index contributed by atoms with van der Waals surface area (Å²) >= 11 is 0. The summed E-state index contributed by atoms with van der Waals surface area (Å²) in [7, 11) is 0. The van der Waals surface area contributed by atoms with Crippen molar-refractivity contribution < 1.29 is 4.74 Å². The smallest absolute Gasteiger partial charge is 0.0590 e. The Hall–Kier alpha value is -0.120. The Labute approximate surface area is 113 Å². The zero-order valence-corrected chi connectivity index (χ0v) is 12.4. The molecule has 1 N–H and O–H groups in total. The van der Waals surface area contributed by atoms with Crippen LogP contribution >= 0.6 is 0 Å². The van der Waals surface area contributed by atoms with E-state index in [1.54, 1.807) is 0 Å². The van der Waals surface area contributed by atoms with Gasteiger partial charge in [-0.3, -0.25) is 0 Å². The zero-order valence-electron chi connectivity index (χ0n) is 12.4. The second-order valence-corrected chi connectivity index (χ2v) is 5.59. The maximum Gasteiger partial charge on any atom is 0.0590 e. The molecule has 0 amide bonds. The van der Waals surface area contributed by atoms with Crippen molar-refractivity contribution in [3.05, 3.63) is 0 Å². The fourth-order valence-electron chi connectivity index (χ4n) is 2.40. The predicted molar refractivity (Wildman–Crippen MR) is 78.1 cm³/mol. The number of nitrogens with one attached hydrogen (secondary N) is 1. The number of likely N-dealkylation sites (tertiary alicyclic amines) is 1. The van der Waals surface area contributed by atoms with Gasteiger partial charge in [-0.05, 0) is 44.7 Å². The van der Waals surface area contributed by atoms with Gasteiger partial charge in [0, 0.05) is 26.2 Å². The minimum atomic E-state index is 0.858. The molecule has 0 spiro atoms. The van der Waals surface area contributed by atoms with Crippen LogP contribution in [0.3, 0.4) is 0 Å². The molecule has 0 aliphatic carbocycles. The van der Waals surface area contributed by atoms with Gasteiger partial charge in [-0.15, -0.1) is 0 Å². The number of nitrogens with zero attached hydrogens (tertiary/aromatic N) is 1. The van der Waals surface area contributed by atoms with Crippen LogP contribution in [0, 0.1) is 5.92 Å². The summed E-state index contributed by atoms with van der Waals surface area (Å²) in [5, 5.41) is 3.47. The van der Waals surface area contributed by atoms with Crippen LogP contribution in [0.25, 0.3) is 0 Å². The maximum absolute atomic E-state index is 5.52. The molecule has 0 aromatic rings. The van der Waals surface area contributed by atoms with Crippen molar-refractivity contribution in [3.63, 3.8) is 0 Å². The molecule has 1 unspecified atom stereocenters. The summed E-state index contributed by atoms with van der Waals surface area (Å²) < 4.78 is 5.52. The Morgan fingerprint density at radius 2 is 2.06 bits per heavy atom. The van der Waals surface area contributed by atoms with Crippen LogP contribution in [0.15, 0.2) is 0 Å². The molecule has 1 fully saturated rings. The molecule has 1 rings (SSSR count). The number of hydrogen-bond donors (Lipinski definition) is 1. The standard InChI is InChI=1S/C15H32N2O/c1-3-4-13-18-14-9-16-8-12-17-10-5-6-15(2)7-11-17/h15-16H,3-14H2,1-2H3. The van der Waals surface area contributed by atoms with Crippen LogP contribution in [-0.4, -0.2) is 50.8 Å². The Bertz CT molecular complexity index is 187. The minimum absolute atomic E-state index is 0.858. The molecule has 3 heteroatoms. The van der Waals surface area contributed by atoms with Crippen LogP contribution < -0.4 is 5.32 Å². The highest BCUT2D eigenvalue weighted by atomic mass is 16.5. The van der Waals surface area contributed by atoms with E-state index in [-0.39, 0.29) is 0 Å². The van der Waals surface area contributed by atoms with Gasteiger partial charge in [-0.1, -0.05) is 20.3 Å². The van der Waals surface area contributed by atoms with Gasteiger partial charge in [-0.2, -0.15) is 0 Å². The van der Waals surface area contributed by atoms with E-state index in [2.05, 4.69) is 24.1 Å². The summed E-state index contributed by atoms with van der Waals surface area (Å²) in [5.74, 6) is 0.926. The van der Waals surface area contributed by atoms with Crippen LogP contribution in [0.4, 0.5) is 0 Å². The van der Waals surface area contributed by atoms with Gasteiger partial charge >= 0.3 is 0 Å². The van der Waals surface area contributed by atoms with E-state index in [9.17, 15) is 0 Å². The van der Waals surface area contributed by atoms with Crippen molar-refractivity contribution in [2.75, 3.05) is 45.9 Å². The molecule has 0 aromatic heterocycles. The lowest BCUT2D eigenvalue weighted by Gasteiger charge is -2.20. The van der Waals surface area contributed by atoms with Crippen molar-refractivity contribution in [2.24, 2.45) is 5.92 Å². The first kappa shape index (κ1) is 15.9. The molecule has 0 saturated carbocycles. The largest absolute Gasteiger partial charge is 0.380 e. The van der Waals surface area contributed by atoms with Crippen molar-refractivity contribution in [2.45, 2.75) is 46.0 Å². The number of hydrogen-bond acceptors (Lipinski definition) is 3. The summed E-state index contributed by atoms with van der Waals surface area (Å²) in [6.07, 6.45) is 6.57. The molecular formula is C15H32N2O. The third-order valence-electron chi connectivity index (χ3n) is 3.78. The number of ether oxygens (including phenoxy) is 1. The second kappa shape index (κ2) is 10.8. The Balaban J connectivity index is 1.88. The number of unbranched alkanes of at least 4 members (excludes halogenated alkanes) is 1. The van der Waals surface area contributed by atoms with E-state index >= 15 is 0 Å². The molecule has 3 nitrogen and oxygen atoms in total. The highest BCUT2D eigenvalue weighted by Gasteiger charge is 2.12. The molecular weight excluding hydrogens is 224 g/mol. The van der Waals surface area contributed by atoms with Crippen LogP contribution in [0.2, 0.25) is 0 Å². The van der Waals surface area contributed by atoms with Crippen molar-refractivity contribution in [1.82, 2.24) is 10.2 Å². The lowest BCUT2D eigenvalue weighted by molar-refractivity contribution is 0.132. The highest BCUT2D eigenvalue weighted by molar-refractivity contribution is 4.68. The van der Waals surface area contributed by atoms with E-state index in [1.165, 1.54) is 51.7 Å². The fourth-order valence-corrected chi connectivity index (χ4v) is 2.40. The Kier molecular flexibility index (Phi) is 9.54. The average molecular weight is 256 g/mol. The van der Waals surface area contributed by atoms with Gasteiger partial charge in [-0.25, -0.2) is 0 Å². The molecule has 1 aliphatic heterocycles. The molecule has 108 valence electrons. The first-order valence-electron chi connectivity index (χ1n) is 7.83. The van der Waals surface area contributed by atoms with E-state index in [4.69, 9.17) is 4.74 Å². The van der Waals surface area contributed by atoms with Gasteiger partial charge in [0.15, 0.2) is 0 Å². The third-order valence-corrected chi connectivity index (χ3v) is 3.78. The maximum atomic E-state index is 5.52. The van der Waals surface area contributed by atoms with Gasteiger partial charge in [0.05, 0.1) is 6.61 Å². The lowest BCUT2D eigenvalue weighted by atomic mass is 10.0. The van der Waals surface area contributed by atoms with Crippen LogP contribution in [-0.2, 0) is 4.74 Å². The first-order valence-corrected chi connectivity index (χ1v) is 7.83. The molecule has 0 bridgehead atoms. The molecule has 0 radical (unpaired) electrons. The molecule has 1 heterocycles. The minimum Gasteiger partial charge on any atom is -0.380 e. The van der Waals surface area contributed by atoms with E-state index < -0.39 is 0 Å². The van der Waals surface area contributed by atoms with Crippen LogP contribution in [0.5, 0.6) is 0 Å². The van der Waals surface area contributed by atoms with Gasteiger partial charge in [0.1, 0.15) is 0 Å². The molecule has 1 atom stereocenters. The normalized spacial score (nSPS) is 22.0. The summed E-state index contributed by atoms with van der Waals surface area (Å²) in [6, 6.07) is 0. The molecule has 1 saturated heterocycles. The fraction of sp³-hybridized carbons (Fsp3) is 1.00. The molecule has 18 heavy (non-hydrogen) atoms. The van der Waals surface area contributed by atoms with Gasteiger partial charge in [0.25, 0.3) is 0 Å². The Morgan fingerprint density at radius 1 is 1.17 bits per heavy atom. The molecule has 0 aromatic carbocycles. The topological polar surface area (TPSA) is 24.5 Å². The second-order valence-electron chi connectivity index (χ2n) is 5.59. The SMILES string of the molecule is CCCCOCCNCCN1CCCC(C)CC1.